The largest absolute Gasteiger partial charge is 0.493 e. The highest BCUT2D eigenvalue weighted by molar-refractivity contribution is 5.73. The zero-order chi connectivity index (χ0) is 13.7. The summed E-state index contributed by atoms with van der Waals surface area (Å²) in [5, 5.41) is 2.47. The van der Waals surface area contributed by atoms with E-state index in [0.717, 1.165) is 24.5 Å². The van der Waals surface area contributed by atoms with Crippen LogP contribution >= 0.6 is 0 Å². The lowest BCUT2D eigenvalue weighted by Gasteiger charge is -2.30. The number of benzene rings is 1. The van der Waals surface area contributed by atoms with Gasteiger partial charge < -0.3 is 14.4 Å². The Balaban J connectivity index is 2.05. The van der Waals surface area contributed by atoms with E-state index in [0.29, 0.717) is 6.04 Å². The molecule has 0 N–H and O–H groups in total. The quantitative estimate of drug-likeness (QED) is 0.803. The van der Waals surface area contributed by atoms with Crippen molar-refractivity contribution in [3.05, 3.63) is 46.4 Å². The molecule has 2 aliphatic heterocycles. The maximum absolute atomic E-state index is 5.45. The second-order valence-corrected chi connectivity index (χ2v) is 5.37. The van der Waals surface area contributed by atoms with Crippen LogP contribution in [0.3, 0.4) is 0 Å². The molecule has 1 unspecified atom stereocenters. The lowest BCUT2D eigenvalue weighted by molar-refractivity contribution is 0.354. The van der Waals surface area contributed by atoms with Crippen LogP contribution in [0.1, 0.15) is 6.42 Å². The maximum atomic E-state index is 5.45. The lowest BCUT2D eigenvalue weighted by atomic mass is 9.90. The van der Waals surface area contributed by atoms with Gasteiger partial charge in [-0.1, -0.05) is 18.2 Å². The Morgan fingerprint density at radius 2 is 1.95 bits per heavy atom. The van der Waals surface area contributed by atoms with Crippen LogP contribution in [0.25, 0.3) is 11.8 Å². The monoisotopic (exact) mass is 267 g/mol. The standard InChI is InChI=1S/C17H17NO2/c1-19-15-8-12-10-18-7-6-11-4-3-5-13(17(11)18)14(12)9-16(15)20-2/h3-5,8-10,17H,6-7H2,1-2H3. The summed E-state index contributed by atoms with van der Waals surface area (Å²) in [4.78, 5) is 2.43. The van der Waals surface area contributed by atoms with Gasteiger partial charge in [0.25, 0.3) is 0 Å². The Bertz CT molecular complexity index is 758. The molecule has 0 saturated carbocycles. The summed E-state index contributed by atoms with van der Waals surface area (Å²) in [7, 11) is 3.37. The number of nitrogens with zero attached hydrogens (tertiary/aromatic N) is 1. The summed E-state index contributed by atoms with van der Waals surface area (Å²) in [5.74, 6) is 1.58. The first-order valence-corrected chi connectivity index (χ1v) is 6.93. The molecule has 0 aromatic heterocycles. The predicted octanol–water partition coefficient (Wildman–Crippen LogP) is 1.18. The molecule has 20 heavy (non-hydrogen) atoms. The third-order valence-corrected chi connectivity index (χ3v) is 4.39. The molecule has 1 aliphatic carbocycles. The third kappa shape index (κ3) is 1.46. The first-order valence-electron chi connectivity index (χ1n) is 6.93. The van der Waals surface area contributed by atoms with Gasteiger partial charge in [0.1, 0.15) is 0 Å². The van der Waals surface area contributed by atoms with E-state index in [-0.39, 0.29) is 0 Å². The Labute approximate surface area is 118 Å². The molecule has 1 aromatic carbocycles. The van der Waals surface area contributed by atoms with Gasteiger partial charge in [-0.2, -0.15) is 0 Å². The van der Waals surface area contributed by atoms with Crippen LogP contribution in [0.2, 0.25) is 0 Å². The van der Waals surface area contributed by atoms with Crippen LogP contribution < -0.4 is 19.9 Å². The highest BCUT2D eigenvalue weighted by Gasteiger charge is 2.32. The van der Waals surface area contributed by atoms with Crippen molar-refractivity contribution in [1.29, 1.82) is 0 Å². The molecule has 3 heteroatoms. The molecule has 0 bridgehead atoms. The molecule has 0 radical (unpaired) electrons. The number of fused-ring (bicyclic) bond motifs is 1. The van der Waals surface area contributed by atoms with Crippen LogP contribution in [-0.4, -0.2) is 31.7 Å². The molecule has 0 amide bonds. The zero-order valence-corrected chi connectivity index (χ0v) is 11.7. The molecule has 1 atom stereocenters. The summed E-state index contributed by atoms with van der Waals surface area (Å²) in [5.41, 5.74) is 2.89. The van der Waals surface area contributed by atoms with Gasteiger partial charge in [-0.3, -0.25) is 0 Å². The second kappa shape index (κ2) is 4.17. The minimum absolute atomic E-state index is 0.422. The van der Waals surface area contributed by atoms with Crippen molar-refractivity contribution in [3.8, 4) is 11.5 Å². The predicted molar refractivity (Wildman–Crippen MR) is 79.0 cm³/mol. The van der Waals surface area contributed by atoms with Crippen molar-refractivity contribution < 1.29 is 9.47 Å². The average Bonchev–Trinajstić information content (AvgIpc) is 2.91. The van der Waals surface area contributed by atoms with Gasteiger partial charge in [-0.15, -0.1) is 0 Å². The minimum Gasteiger partial charge on any atom is -0.493 e. The molecule has 1 saturated heterocycles. The highest BCUT2D eigenvalue weighted by atomic mass is 16.5. The van der Waals surface area contributed by atoms with Crippen LogP contribution in [-0.2, 0) is 0 Å². The molecule has 4 rings (SSSR count). The van der Waals surface area contributed by atoms with E-state index < -0.39 is 0 Å². The average molecular weight is 267 g/mol. The van der Waals surface area contributed by atoms with Gasteiger partial charge in [0.15, 0.2) is 11.5 Å². The molecule has 0 spiro atoms. The first kappa shape index (κ1) is 11.6. The van der Waals surface area contributed by atoms with E-state index in [4.69, 9.17) is 9.47 Å². The smallest absolute Gasteiger partial charge is 0.161 e. The Morgan fingerprint density at radius 3 is 2.75 bits per heavy atom. The zero-order valence-electron chi connectivity index (χ0n) is 11.7. The molecule has 1 fully saturated rings. The fraction of sp³-hybridized carbons (Fsp3) is 0.294. The van der Waals surface area contributed by atoms with E-state index in [1.165, 1.54) is 21.6 Å². The highest BCUT2D eigenvalue weighted by Crippen LogP contribution is 2.34. The normalized spacial score (nSPS) is 21.9. The molecular weight excluding hydrogens is 250 g/mol. The second-order valence-electron chi connectivity index (χ2n) is 5.37. The van der Waals surface area contributed by atoms with Crippen LogP contribution in [0.15, 0.2) is 35.9 Å². The molecule has 3 nitrogen and oxygen atoms in total. The Hall–Kier alpha value is -2.16. The van der Waals surface area contributed by atoms with Gasteiger partial charge in [0.05, 0.1) is 20.3 Å². The van der Waals surface area contributed by atoms with Crippen LogP contribution in [0.4, 0.5) is 0 Å². The summed E-state index contributed by atoms with van der Waals surface area (Å²) >= 11 is 0. The fourth-order valence-corrected chi connectivity index (χ4v) is 3.46. The number of methoxy groups -OCH3 is 2. The van der Waals surface area contributed by atoms with Crippen molar-refractivity contribution in [1.82, 2.24) is 4.90 Å². The van der Waals surface area contributed by atoms with Crippen molar-refractivity contribution >= 4 is 11.8 Å². The molecular formula is C17H17NO2. The number of rotatable bonds is 2. The first-order chi connectivity index (χ1) is 9.81. The van der Waals surface area contributed by atoms with Crippen molar-refractivity contribution in [2.45, 2.75) is 12.5 Å². The maximum Gasteiger partial charge on any atom is 0.161 e. The van der Waals surface area contributed by atoms with E-state index >= 15 is 0 Å². The molecule has 1 aromatic rings. The topological polar surface area (TPSA) is 21.7 Å². The van der Waals surface area contributed by atoms with Crippen molar-refractivity contribution in [3.63, 3.8) is 0 Å². The Kier molecular flexibility index (Phi) is 2.43. The summed E-state index contributed by atoms with van der Waals surface area (Å²) in [6.45, 7) is 1.09. The van der Waals surface area contributed by atoms with E-state index in [1.54, 1.807) is 14.2 Å². The fourth-order valence-electron chi connectivity index (χ4n) is 3.46. The minimum atomic E-state index is 0.422. The van der Waals surface area contributed by atoms with E-state index in [9.17, 15) is 0 Å². The van der Waals surface area contributed by atoms with Gasteiger partial charge in [-0.25, -0.2) is 0 Å². The summed E-state index contributed by atoms with van der Waals surface area (Å²) in [6.07, 6.45) is 10.1. The summed E-state index contributed by atoms with van der Waals surface area (Å²) in [6, 6.07) is 4.59. The lowest BCUT2D eigenvalue weighted by Crippen LogP contribution is -2.42. The van der Waals surface area contributed by atoms with E-state index in [2.05, 4.69) is 41.5 Å². The van der Waals surface area contributed by atoms with Gasteiger partial charge in [-0.05, 0) is 34.9 Å². The SMILES string of the molecule is COc1cc2c(cc1OC)=C1C=CC=C3CCN(C=2)C31. The van der Waals surface area contributed by atoms with Crippen molar-refractivity contribution in [2.24, 2.45) is 0 Å². The molecule has 3 aliphatic rings. The Morgan fingerprint density at radius 1 is 1.15 bits per heavy atom. The number of hydrogen-bond donors (Lipinski definition) is 0. The number of ether oxygens (including phenoxy) is 2. The third-order valence-electron chi connectivity index (χ3n) is 4.39. The van der Waals surface area contributed by atoms with Gasteiger partial charge >= 0.3 is 0 Å². The van der Waals surface area contributed by atoms with E-state index in [1.807, 2.05) is 0 Å². The number of hydrogen-bond acceptors (Lipinski definition) is 3. The van der Waals surface area contributed by atoms with Gasteiger partial charge in [0.2, 0.25) is 0 Å². The molecule has 2 heterocycles. The number of allylic oxidation sites excluding steroid dienone is 2. The van der Waals surface area contributed by atoms with Crippen molar-refractivity contribution in [2.75, 3.05) is 20.8 Å². The van der Waals surface area contributed by atoms with Crippen LogP contribution in [0.5, 0.6) is 11.5 Å². The van der Waals surface area contributed by atoms with Crippen LogP contribution in [0, 0.1) is 0 Å². The summed E-state index contributed by atoms with van der Waals surface area (Å²) < 4.78 is 10.9. The molecule has 102 valence electrons. The van der Waals surface area contributed by atoms with Gasteiger partial charge in [0, 0.05) is 18.0 Å².